The summed E-state index contributed by atoms with van der Waals surface area (Å²) in [4.78, 5) is 17.2. The maximum atomic E-state index is 12.7. The maximum Gasteiger partial charge on any atom is 0.251 e. The van der Waals surface area contributed by atoms with Crippen LogP contribution in [0, 0.1) is 11.3 Å². The molecule has 0 bridgehead atoms. The lowest BCUT2D eigenvalue weighted by Gasteiger charge is -2.30. The third kappa shape index (κ3) is 7.30. The van der Waals surface area contributed by atoms with Gasteiger partial charge in [0, 0.05) is 17.7 Å². The summed E-state index contributed by atoms with van der Waals surface area (Å²) in [6.45, 7) is 14.5. The van der Waals surface area contributed by atoms with E-state index in [0.717, 1.165) is 28.8 Å². The van der Waals surface area contributed by atoms with Gasteiger partial charge in [-0.1, -0.05) is 65.8 Å². The Morgan fingerprint density at radius 1 is 1.00 bits per heavy atom. The molecular weight excluding hydrogens is 542 g/mol. The van der Waals surface area contributed by atoms with Gasteiger partial charge in [0.1, 0.15) is 22.6 Å². The zero-order valence-electron chi connectivity index (χ0n) is 25.5. The third-order valence-electron chi connectivity index (χ3n) is 8.14. The van der Waals surface area contributed by atoms with E-state index < -0.39 is 6.10 Å². The van der Waals surface area contributed by atoms with Crippen LogP contribution in [0.15, 0.2) is 66.7 Å². The van der Waals surface area contributed by atoms with Gasteiger partial charge < -0.3 is 14.8 Å². The van der Waals surface area contributed by atoms with Crippen LogP contribution >= 0.6 is 11.3 Å². The predicted molar refractivity (Wildman–Crippen MR) is 171 cm³/mol. The first-order valence-electron chi connectivity index (χ1n) is 14.7. The van der Waals surface area contributed by atoms with Gasteiger partial charge in [-0.3, -0.25) is 4.79 Å². The minimum atomic E-state index is -0.820. The van der Waals surface area contributed by atoms with E-state index in [1.165, 1.54) is 22.5 Å². The molecule has 0 saturated carbocycles. The Bertz CT molecular complexity index is 1520. The van der Waals surface area contributed by atoms with Crippen LogP contribution in [-0.2, 0) is 10.8 Å². The lowest BCUT2D eigenvalue weighted by atomic mass is 9.76. The molecule has 0 aliphatic heterocycles. The van der Waals surface area contributed by atoms with E-state index in [0.29, 0.717) is 35.9 Å². The molecule has 4 rings (SSSR count). The minimum Gasteiger partial charge on any atom is -0.493 e. The van der Waals surface area contributed by atoms with E-state index in [1.54, 1.807) is 24.3 Å². The number of ether oxygens (including phenoxy) is 2. The first-order chi connectivity index (χ1) is 20.1. The van der Waals surface area contributed by atoms with Gasteiger partial charge in [0.15, 0.2) is 0 Å². The van der Waals surface area contributed by atoms with Crippen molar-refractivity contribution in [3.05, 3.63) is 88.4 Å². The van der Waals surface area contributed by atoms with E-state index in [4.69, 9.17) is 9.47 Å². The number of benzene rings is 3. The molecule has 0 spiro atoms. The average molecular weight is 584 g/mol. The largest absolute Gasteiger partial charge is 0.493 e. The first kappa shape index (κ1) is 31.1. The summed E-state index contributed by atoms with van der Waals surface area (Å²) in [5, 5.41) is 13.2. The van der Waals surface area contributed by atoms with Crippen molar-refractivity contribution in [2.45, 2.75) is 77.7 Å². The fourth-order valence-electron chi connectivity index (χ4n) is 4.51. The highest BCUT2D eigenvalue weighted by molar-refractivity contribution is 7.18. The molecule has 0 aliphatic carbocycles. The number of aromatic nitrogens is 1. The Hall–Kier alpha value is -3.89. The Labute approximate surface area is 253 Å². The summed E-state index contributed by atoms with van der Waals surface area (Å²) in [6, 6.07) is 23.3. The van der Waals surface area contributed by atoms with Crippen molar-refractivity contribution in [1.82, 2.24) is 10.3 Å². The van der Waals surface area contributed by atoms with Crippen LogP contribution in [0.1, 0.15) is 93.4 Å². The highest BCUT2D eigenvalue weighted by atomic mass is 32.1. The Kier molecular flexibility index (Phi) is 9.90. The summed E-state index contributed by atoms with van der Waals surface area (Å²) in [5.74, 6) is 1.26. The fraction of sp³-hybridized carbons (Fsp3) is 0.400. The zero-order chi connectivity index (χ0) is 30.3. The van der Waals surface area contributed by atoms with Crippen LogP contribution in [-0.4, -0.2) is 24.0 Å². The summed E-state index contributed by atoms with van der Waals surface area (Å²) >= 11 is 1.44. The molecule has 1 heterocycles. The van der Waals surface area contributed by atoms with E-state index in [9.17, 15) is 10.1 Å². The third-order valence-corrected chi connectivity index (χ3v) is 9.22. The molecule has 1 aromatic heterocycles. The first-order valence-corrected chi connectivity index (χ1v) is 15.5. The molecule has 1 unspecified atom stereocenters. The van der Waals surface area contributed by atoms with Gasteiger partial charge in [-0.05, 0) is 78.1 Å². The molecular formula is C35H41N3O3S. The molecule has 1 amide bonds. The highest BCUT2D eigenvalue weighted by Crippen LogP contribution is 2.38. The Balaban J connectivity index is 1.29. The smallest absolute Gasteiger partial charge is 0.251 e. The van der Waals surface area contributed by atoms with Crippen molar-refractivity contribution < 1.29 is 14.3 Å². The molecule has 0 radical (unpaired) electrons. The predicted octanol–water partition coefficient (Wildman–Crippen LogP) is 8.51. The number of nitrogens with one attached hydrogen (secondary N) is 1. The number of rotatable bonds is 13. The summed E-state index contributed by atoms with van der Waals surface area (Å²) in [6.07, 6.45) is 1.95. The van der Waals surface area contributed by atoms with E-state index in [1.807, 2.05) is 24.3 Å². The molecule has 42 heavy (non-hydrogen) atoms. The molecule has 1 atom stereocenters. The average Bonchev–Trinajstić information content (AvgIpc) is 3.44. The molecule has 220 valence electrons. The van der Waals surface area contributed by atoms with E-state index in [-0.39, 0.29) is 16.7 Å². The molecule has 3 aromatic carbocycles. The molecule has 0 saturated heterocycles. The normalized spacial score (nSPS) is 12.5. The summed E-state index contributed by atoms with van der Waals surface area (Å²) in [7, 11) is 0. The van der Waals surface area contributed by atoms with Gasteiger partial charge in [-0.25, -0.2) is 4.98 Å². The number of carbonyl (C=O) groups is 1. The number of para-hydroxylation sites is 1. The van der Waals surface area contributed by atoms with E-state index in [2.05, 4.69) is 76.1 Å². The Morgan fingerprint density at radius 3 is 2.38 bits per heavy atom. The Morgan fingerprint density at radius 2 is 1.71 bits per heavy atom. The van der Waals surface area contributed by atoms with Crippen molar-refractivity contribution in [3.8, 4) is 17.6 Å². The molecule has 6 nitrogen and oxygen atoms in total. The molecule has 0 fully saturated rings. The van der Waals surface area contributed by atoms with Crippen molar-refractivity contribution >= 4 is 27.5 Å². The number of amides is 1. The lowest BCUT2D eigenvalue weighted by molar-refractivity contribution is 0.0951. The lowest BCUT2D eigenvalue weighted by Crippen LogP contribution is -2.26. The molecule has 0 aliphatic rings. The fourth-order valence-corrected chi connectivity index (χ4v) is 5.46. The number of hydrogen-bond donors (Lipinski definition) is 1. The molecule has 1 N–H and O–H groups in total. The molecule has 7 heteroatoms. The van der Waals surface area contributed by atoms with Gasteiger partial charge >= 0.3 is 0 Å². The second kappa shape index (κ2) is 13.4. The zero-order valence-corrected chi connectivity index (χ0v) is 26.3. The van der Waals surface area contributed by atoms with Crippen LogP contribution in [0.3, 0.4) is 0 Å². The van der Waals surface area contributed by atoms with Gasteiger partial charge in [0.2, 0.25) is 6.10 Å². The highest BCUT2D eigenvalue weighted by Gasteiger charge is 2.26. The topological polar surface area (TPSA) is 84.2 Å². The van der Waals surface area contributed by atoms with Gasteiger partial charge in [-0.15, -0.1) is 11.3 Å². The van der Waals surface area contributed by atoms with Crippen LogP contribution in [0.4, 0.5) is 0 Å². The van der Waals surface area contributed by atoms with Crippen molar-refractivity contribution in [2.24, 2.45) is 0 Å². The SMILES string of the molecule is CCC(C)(C)c1ccc(OCCCNC(=O)c2ccc(OC(C#N)c3nc4ccccc4s3)cc2)c(C(C)(C)CC)c1. The van der Waals surface area contributed by atoms with Crippen molar-refractivity contribution in [1.29, 1.82) is 5.26 Å². The van der Waals surface area contributed by atoms with Crippen LogP contribution in [0.2, 0.25) is 0 Å². The second-order valence-electron chi connectivity index (χ2n) is 11.8. The number of thiazole rings is 1. The summed E-state index contributed by atoms with van der Waals surface area (Å²) in [5.41, 5.74) is 4.05. The minimum absolute atomic E-state index is 0.000897. The van der Waals surface area contributed by atoms with E-state index >= 15 is 0 Å². The quantitative estimate of drug-likeness (QED) is 0.160. The number of carbonyl (C=O) groups excluding carboxylic acids is 1. The van der Waals surface area contributed by atoms with Gasteiger partial charge in [0.25, 0.3) is 5.91 Å². The number of nitrogens with zero attached hydrogens (tertiary/aromatic N) is 2. The number of fused-ring (bicyclic) bond motifs is 1. The van der Waals surface area contributed by atoms with Crippen LogP contribution in [0.25, 0.3) is 10.2 Å². The monoisotopic (exact) mass is 583 g/mol. The standard InChI is InChI=1S/C35H41N3O3S/c1-7-34(3,4)25-16-19-29(27(22-25)35(5,6)8-2)40-21-11-20-37-32(39)24-14-17-26(18-15-24)41-30(23-36)33-38-28-12-9-10-13-31(28)42-33/h9-10,12-19,22,30H,7-8,11,20-21H2,1-6H3,(H,37,39). The van der Waals surface area contributed by atoms with Crippen LogP contribution in [0.5, 0.6) is 11.5 Å². The maximum absolute atomic E-state index is 12.7. The van der Waals surface area contributed by atoms with Crippen molar-refractivity contribution in [2.75, 3.05) is 13.2 Å². The molecule has 4 aromatic rings. The second-order valence-corrected chi connectivity index (χ2v) is 12.9. The van der Waals surface area contributed by atoms with Gasteiger partial charge in [-0.2, -0.15) is 5.26 Å². The summed E-state index contributed by atoms with van der Waals surface area (Å²) < 4.78 is 13.1. The number of nitriles is 1. The van der Waals surface area contributed by atoms with Crippen molar-refractivity contribution in [3.63, 3.8) is 0 Å². The van der Waals surface area contributed by atoms with Crippen LogP contribution < -0.4 is 14.8 Å². The number of hydrogen-bond acceptors (Lipinski definition) is 6. The van der Waals surface area contributed by atoms with Gasteiger partial charge in [0.05, 0.1) is 16.8 Å².